The summed E-state index contributed by atoms with van der Waals surface area (Å²) >= 11 is 12.3. The van der Waals surface area contributed by atoms with Gasteiger partial charge in [-0.3, -0.25) is 4.72 Å². The summed E-state index contributed by atoms with van der Waals surface area (Å²) in [6, 6.07) is 6.34. The molecule has 0 aliphatic rings. The predicted octanol–water partition coefficient (Wildman–Crippen LogP) is 4.37. The van der Waals surface area contributed by atoms with Crippen molar-refractivity contribution >= 4 is 59.2 Å². The summed E-state index contributed by atoms with van der Waals surface area (Å²) in [6.07, 6.45) is 1.36. The van der Waals surface area contributed by atoms with Gasteiger partial charge in [-0.05, 0) is 52.7 Å². The van der Waals surface area contributed by atoms with E-state index in [-0.39, 0.29) is 4.90 Å². The number of rotatable bonds is 3. The van der Waals surface area contributed by atoms with E-state index in [0.717, 1.165) is 10.0 Å². The van der Waals surface area contributed by atoms with Gasteiger partial charge in [0.2, 0.25) is 0 Å². The largest absolute Gasteiger partial charge is 0.278 e. The lowest BCUT2D eigenvalue weighted by molar-refractivity contribution is 0.600. The summed E-state index contributed by atoms with van der Waals surface area (Å²) in [4.78, 5) is 3.97. The summed E-state index contributed by atoms with van der Waals surface area (Å²) < 4.78 is 28.4. The van der Waals surface area contributed by atoms with Gasteiger partial charge in [0.25, 0.3) is 10.0 Å². The minimum atomic E-state index is -3.71. The number of hydrogen-bond donors (Lipinski definition) is 1. The Labute approximate surface area is 138 Å². The molecule has 0 aliphatic carbocycles. The number of benzene rings is 1. The number of aromatic nitrogens is 1. The highest BCUT2D eigenvalue weighted by molar-refractivity contribution is 9.11. The van der Waals surface area contributed by atoms with Gasteiger partial charge >= 0.3 is 0 Å². The second-order valence-electron chi connectivity index (χ2n) is 4.01. The Morgan fingerprint density at radius 3 is 2.50 bits per heavy atom. The number of sulfonamides is 1. The van der Waals surface area contributed by atoms with Crippen LogP contribution in [0.3, 0.4) is 0 Å². The molecule has 2 aromatic rings. The Morgan fingerprint density at radius 2 is 1.90 bits per heavy atom. The molecular formula is C12H9Br2ClN2O2S. The average Bonchev–Trinajstić information content (AvgIpc) is 2.36. The van der Waals surface area contributed by atoms with Crippen LogP contribution in [0.4, 0.5) is 5.69 Å². The van der Waals surface area contributed by atoms with Gasteiger partial charge in [0.15, 0.2) is 0 Å². The van der Waals surface area contributed by atoms with E-state index in [0.29, 0.717) is 15.3 Å². The zero-order valence-corrected chi connectivity index (χ0v) is 14.9. The second kappa shape index (κ2) is 6.01. The van der Waals surface area contributed by atoms with Gasteiger partial charge in [-0.2, -0.15) is 0 Å². The first-order chi connectivity index (χ1) is 9.29. The molecule has 8 heteroatoms. The molecule has 4 nitrogen and oxygen atoms in total. The minimum Gasteiger partial charge on any atom is -0.278 e. The summed E-state index contributed by atoms with van der Waals surface area (Å²) in [6.45, 7) is 1.88. The molecule has 0 unspecified atom stereocenters. The molecule has 20 heavy (non-hydrogen) atoms. The molecule has 1 N–H and O–H groups in total. The van der Waals surface area contributed by atoms with Crippen molar-refractivity contribution in [2.45, 2.75) is 11.8 Å². The number of pyridine rings is 1. The Balaban J connectivity index is 2.40. The fourth-order valence-corrected chi connectivity index (χ4v) is 4.31. The van der Waals surface area contributed by atoms with E-state index in [2.05, 4.69) is 41.6 Å². The molecule has 0 amide bonds. The Kier molecular flexibility index (Phi) is 4.73. The molecule has 1 aromatic heterocycles. The van der Waals surface area contributed by atoms with Crippen LogP contribution in [0.2, 0.25) is 5.15 Å². The van der Waals surface area contributed by atoms with Gasteiger partial charge in [-0.1, -0.05) is 27.5 Å². The van der Waals surface area contributed by atoms with Crippen LogP contribution in [0.1, 0.15) is 5.56 Å². The van der Waals surface area contributed by atoms with Crippen LogP contribution in [0.25, 0.3) is 0 Å². The Bertz CT molecular complexity index is 749. The molecule has 0 saturated carbocycles. The van der Waals surface area contributed by atoms with Crippen molar-refractivity contribution in [1.29, 1.82) is 0 Å². The molecule has 2 rings (SSSR count). The number of aryl methyl sites for hydroxylation is 1. The lowest BCUT2D eigenvalue weighted by Gasteiger charge is -2.11. The normalized spacial score (nSPS) is 11.4. The van der Waals surface area contributed by atoms with Crippen molar-refractivity contribution in [1.82, 2.24) is 4.98 Å². The molecule has 0 bridgehead atoms. The van der Waals surface area contributed by atoms with Crippen LogP contribution in [0.5, 0.6) is 0 Å². The SMILES string of the molecule is Cc1cc(Br)c(S(=O)(=O)Nc2ccc(Cl)nc2)cc1Br. The standard InChI is InChI=1S/C12H9Br2ClN2O2S/c1-7-4-10(14)11(5-9(7)13)20(18,19)17-8-2-3-12(15)16-6-8/h2-6,17H,1H3. The molecular weight excluding hydrogens is 431 g/mol. The fraction of sp³-hybridized carbons (Fsp3) is 0.0833. The zero-order chi connectivity index (χ0) is 14.9. The number of anilines is 1. The van der Waals surface area contributed by atoms with Gasteiger partial charge < -0.3 is 0 Å². The van der Waals surface area contributed by atoms with E-state index in [1.54, 1.807) is 18.2 Å². The monoisotopic (exact) mass is 438 g/mol. The predicted molar refractivity (Wildman–Crippen MR) is 86.6 cm³/mol. The maximum absolute atomic E-state index is 12.3. The van der Waals surface area contributed by atoms with Crippen molar-refractivity contribution < 1.29 is 8.42 Å². The second-order valence-corrected chi connectivity index (χ2v) is 7.75. The molecule has 1 aromatic carbocycles. The van der Waals surface area contributed by atoms with Crippen LogP contribution < -0.4 is 4.72 Å². The molecule has 0 fully saturated rings. The number of halogens is 3. The molecule has 0 spiro atoms. The van der Waals surface area contributed by atoms with Crippen LogP contribution in [0, 0.1) is 6.92 Å². The highest BCUT2D eigenvalue weighted by atomic mass is 79.9. The highest BCUT2D eigenvalue weighted by Gasteiger charge is 2.19. The molecule has 0 radical (unpaired) electrons. The van der Waals surface area contributed by atoms with Crippen molar-refractivity contribution in [3.8, 4) is 0 Å². The third-order valence-electron chi connectivity index (χ3n) is 2.48. The summed E-state index contributed by atoms with van der Waals surface area (Å²) in [5, 5.41) is 0.298. The Morgan fingerprint density at radius 1 is 1.20 bits per heavy atom. The maximum Gasteiger partial charge on any atom is 0.263 e. The van der Waals surface area contributed by atoms with Crippen LogP contribution in [-0.4, -0.2) is 13.4 Å². The third kappa shape index (κ3) is 3.52. The number of nitrogens with one attached hydrogen (secondary N) is 1. The Hall–Kier alpha value is -0.630. The summed E-state index contributed by atoms with van der Waals surface area (Å²) in [5.74, 6) is 0. The van der Waals surface area contributed by atoms with Crippen molar-refractivity contribution in [3.63, 3.8) is 0 Å². The van der Waals surface area contributed by atoms with Crippen molar-refractivity contribution in [2.75, 3.05) is 4.72 Å². The molecule has 1 heterocycles. The van der Waals surface area contributed by atoms with E-state index in [1.807, 2.05) is 6.92 Å². The van der Waals surface area contributed by atoms with Crippen molar-refractivity contribution in [2.24, 2.45) is 0 Å². The summed E-state index contributed by atoms with van der Waals surface area (Å²) in [5.41, 5.74) is 1.28. The first-order valence-corrected chi connectivity index (χ1v) is 8.84. The lowest BCUT2D eigenvalue weighted by Crippen LogP contribution is -2.14. The lowest BCUT2D eigenvalue weighted by atomic mass is 10.2. The molecule has 0 aliphatic heterocycles. The van der Waals surface area contributed by atoms with E-state index in [1.165, 1.54) is 12.3 Å². The first-order valence-electron chi connectivity index (χ1n) is 5.39. The fourth-order valence-electron chi connectivity index (χ4n) is 1.48. The van der Waals surface area contributed by atoms with Crippen LogP contribution in [-0.2, 0) is 10.0 Å². The topological polar surface area (TPSA) is 59.1 Å². The quantitative estimate of drug-likeness (QED) is 0.721. The van der Waals surface area contributed by atoms with Gasteiger partial charge in [0.1, 0.15) is 10.0 Å². The summed E-state index contributed by atoms with van der Waals surface area (Å²) in [7, 11) is -3.71. The first kappa shape index (κ1) is 15.8. The van der Waals surface area contributed by atoms with Gasteiger partial charge in [0.05, 0.1) is 11.9 Å². The van der Waals surface area contributed by atoms with Crippen LogP contribution >= 0.6 is 43.5 Å². The van der Waals surface area contributed by atoms with E-state index in [4.69, 9.17) is 11.6 Å². The van der Waals surface area contributed by atoms with Gasteiger partial charge in [-0.15, -0.1) is 0 Å². The molecule has 0 atom stereocenters. The maximum atomic E-state index is 12.3. The minimum absolute atomic E-state index is 0.143. The zero-order valence-electron chi connectivity index (χ0n) is 10.2. The van der Waals surface area contributed by atoms with E-state index in [9.17, 15) is 8.42 Å². The van der Waals surface area contributed by atoms with E-state index < -0.39 is 10.0 Å². The molecule has 0 saturated heterocycles. The third-order valence-corrected chi connectivity index (χ3v) is 5.90. The van der Waals surface area contributed by atoms with Gasteiger partial charge in [-0.25, -0.2) is 13.4 Å². The highest BCUT2D eigenvalue weighted by Crippen LogP contribution is 2.30. The number of nitrogens with zero attached hydrogens (tertiary/aromatic N) is 1. The van der Waals surface area contributed by atoms with Gasteiger partial charge in [0, 0.05) is 8.95 Å². The smallest absolute Gasteiger partial charge is 0.263 e. The van der Waals surface area contributed by atoms with Crippen molar-refractivity contribution in [3.05, 3.63) is 50.1 Å². The molecule has 106 valence electrons. The van der Waals surface area contributed by atoms with Crippen LogP contribution in [0.15, 0.2) is 44.3 Å². The van der Waals surface area contributed by atoms with E-state index >= 15 is 0 Å². The number of hydrogen-bond acceptors (Lipinski definition) is 3. The average molecular weight is 441 g/mol.